The SMILES string of the molecule is Cc1ccccc1C(=O)N1CCCCCN(C)C(=O)c2ccccc2OC[C@@H]1CC(C)C. The average molecular weight is 437 g/mol. The molecule has 0 saturated heterocycles. The van der Waals surface area contributed by atoms with Crippen molar-refractivity contribution in [1.29, 1.82) is 0 Å². The molecule has 0 bridgehead atoms. The van der Waals surface area contributed by atoms with Gasteiger partial charge in [0.1, 0.15) is 12.4 Å². The third-order valence-corrected chi connectivity index (χ3v) is 6.11. The molecule has 0 spiro atoms. The number of carbonyl (C=O) groups is 2. The van der Waals surface area contributed by atoms with E-state index in [1.807, 2.05) is 67.4 Å². The van der Waals surface area contributed by atoms with Gasteiger partial charge in [0.05, 0.1) is 11.6 Å². The summed E-state index contributed by atoms with van der Waals surface area (Å²) in [5.41, 5.74) is 2.32. The monoisotopic (exact) mass is 436 g/mol. The third kappa shape index (κ3) is 5.90. The van der Waals surface area contributed by atoms with Crippen LogP contribution in [0.3, 0.4) is 0 Å². The van der Waals surface area contributed by atoms with E-state index in [1.165, 1.54) is 0 Å². The van der Waals surface area contributed by atoms with E-state index in [1.54, 1.807) is 4.90 Å². The van der Waals surface area contributed by atoms with Crippen molar-refractivity contribution in [3.63, 3.8) is 0 Å². The van der Waals surface area contributed by atoms with Crippen molar-refractivity contribution in [2.75, 3.05) is 26.7 Å². The first-order chi connectivity index (χ1) is 15.4. The minimum absolute atomic E-state index is 0.0203. The molecule has 5 nitrogen and oxygen atoms in total. The Bertz CT molecular complexity index is 925. The van der Waals surface area contributed by atoms with Gasteiger partial charge in [-0.2, -0.15) is 0 Å². The van der Waals surface area contributed by atoms with Crippen molar-refractivity contribution in [2.45, 2.75) is 52.5 Å². The van der Waals surface area contributed by atoms with Crippen LogP contribution in [0.25, 0.3) is 0 Å². The number of rotatable bonds is 3. The Hall–Kier alpha value is -2.82. The van der Waals surface area contributed by atoms with Crippen LogP contribution in [0, 0.1) is 12.8 Å². The van der Waals surface area contributed by atoms with Crippen molar-refractivity contribution < 1.29 is 14.3 Å². The largest absolute Gasteiger partial charge is 0.491 e. The molecule has 1 heterocycles. The highest BCUT2D eigenvalue weighted by atomic mass is 16.5. The molecular formula is C27H36N2O3. The minimum atomic E-state index is -0.0660. The number of fused-ring (bicyclic) bond motifs is 1. The lowest BCUT2D eigenvalue weighted by Crippen LogP contribution is -2.45. The summed E-state index contributed by atoms with van der Waals surface area (Å²) in [6, 6.07) is 15.1. The predicted octanol–water partition coefficient (Wildman–Crippen LogP) is 5.19. The zero-order chi connectivity index (χ0) is 23.1. The highest BCUT2D eigenvalue weighted by Gasteiger charge is 2.28. The first kappa shape index (κ1) is 23.8. The molecule has 0 aliphatic carbocycles. The number of para-hydroxylation sites is 1. The van der Waals surface area contributed by atoms with Gasteiger partial charge < -0.3 is 14.5 Å². The summed E-state index contributed by atoms with van der Waals surface area (Å²) in [6.07, 6.45) is 3.62. The number of benzene rings is 2. The van der Waals surface area contributed by atoms with Crippen LogP contribution in [-0.4, -0.2) is 54.4 Å². The van der Waals surface area contributed by atoms with Gasteiger partial charge >= 0.3 is 0 Å². The summed E-state index contributed by atoms with van der Waals surface area (Å²) in [5, 5.41) is 0. The normalized spacial score (nSPS) is 18.3. The van der Waals surface area contributed by atoms with E-state index in [2.05, 4.69) is 13.8 Å². The maximum Gasteiger partial charge on any atom is 0.257 e. The first-order valence-electron chi connectivity index (χ1n) is 11.7. The predicted molar refractivity (Wildman–Crippen MR) is 128 cm³/mol. The second-order valence-corrected chi connectivity index (χ2v) is 9.19. The molecule has 1 aliphatic rings. The number of hydrogen-bond donors (Lipinski definition) is 0. The summed E-state index contributed by atoms with van der Waals surface area (Å²) in [5.74, 6) is 1.04. The van der Waals surface area contributed by atoms with E-state index >= 15 is 0 Å². The Morgan fingerprint density at radius 3 is 2.47 bits per heavy atom. The Labute approximate surface area is 192 Å². The van der Waals surface area contributed by atoms with E-state index in [-0.39, 0.29) is 17.9 Å². The lowest BCUT2D eigenvalue weighted by atomic mass is 10.00. The minimum Gasteiger partial charge on any atom is -0.491 e. The Morgan fingerprint density at radius 2 is 1.72 bits per heavy atom. The standard InChI is InChI=1S/C27H36N2O3/c1-20(2)18-22-19-32-25-15-9-8-14-24(25)26(30)28(4)16-10-5-11-17-29(22)27(31)23-13-7-6-12-21(23)3/h6-9,12-15,20,22H,5,10-11,16-19H2,1-4H3/t22-/m0/s1. The van der Waals surface area contributed by atoms with Crippen molar-refractivity contribution >= 4 is 11.8 Å². The summed E-state index contributed by atoms with van der Waals surface area (Å²) < 4.78 is 6.24. The number of amides is 2. The molecule has 0 radical (unpaired) electrons. The molecule has 0 unspecified atom stereocenters. The number of carbonyl (C=O) groups excluding carboxylic acids is 2. The average Bonchev–Trinajstić information content (AvgIpc) is 2.78. The fraction of sp³-hybridized carbons (Fsp3) is 0.481. The van der Waals surface area contributed by atoms with Crippen LogP contribution < -0.4 is 4.74 Å². The second-order valence-electron chi connectivity index (χ2n) is 9.19. The Morgan fingerprint density at radius 1 is 1.03 bits per heavy atom. The summed E-state index contributed by atoms with van der Waals surface area (Å²) >= 11 is 0. The van der Waals surface area contributed by atoms with Gasteiger partial charge in [0, 0.05) is 25.7 Å². The van der Waals surface area contributed by atoms with Crippen molar-refractivity contribution in [2.24, 2.45) is 5.92 Å². The number of hydrogen-bond acceptors (Lipinski definition) is 3. The van der Waals surface area contributed by atoms with Crippen molar-refractivity contribution in [3.05, 3.63) is 65.2 Å². The molecule has 2 aromatic carbocycles. The fourth-order valence-corrected chi connectivity index (χ4v) is 4.32. The molecule has 0 saturated carbocycles. The van der Waals surface area contributed by atoms with Crippen LogP contribution in [0.2, 0.25) is 0 Å². The van der Waals surface area contributed by atoms with Gasteiger partial charge in [-0.25, -0.2) is 0 Å². The van der Waals surface area contributed by atoms with E-state index in [0.29, 0.717) is 36.9 Å². The molecule has 0 N–H and O–H groups in total. The number of aryl methyl sites for hydroxylation is 1. The topological polar surface area (TPSA) is 49.9 Å². The van der Waals surface area contributed by atoms with Crippen LogP contribution >= 0.6 is 0 Å². The second kappa shape index (κ2) is 11.2. The van der Waals surface area contributed by atoms with E-state index in [9.17, 15) is 9.59 Å². The molecule has 0 aromatic heterocycles. The molecule has 172 valence electrons. The van der Waals surface area contributed by atoms with Gasteiger partial charge in [0.2, 0.25) is 0 Å². The smallest absolute Gasteiger partial charge is 0.257 e. The van der Waals surface area contributed by atoms with Crippen molar-refractivity contribution in [3.8, 4) is 5.75 Å². The van der Waals surface area contributed by atoms with E-state index in [4.69, 9.17) is 4.74 Å². The summed E-state index contributed by atoms with van der Waals surface area (Å²) in [4.78, 5) is 30.4. The van der Waals surface area contributed by atoms with Crippen LogP contribution in [0.15, 0.2) is 48.5 Å². The molecule has 5 heteroatoms. The van der Waals surface area contributed by atoms with Gasteiger partial charge in [0.25, 0.3) is 11.8 Å². The Kier molecular flexibility index (Phi) is 8.32. The maximum atomic E-state index is 13.7. The molecule has 2 amide bonds. The van der Waals surface area contributed by atoms with Crippen LogP contribution in [0.5, 0.6) is 5.75 Å². The van der Waals surface area contributed by atoms with Crippen molar-refractivity contribution in [1.82, 2.24) is 9.80 Å². The van der Waals surface area contributed by atoms with Gasteiger partial charge in [-0.05, 0) is 62.3 Å². The summed E-state index contributed by atoms with van der Waals surface area (Å²) in [6.45, 7) is 8.07. The number of nitrogens with zero attached hydrogens (tertiary/aromatic N) is 2. The summed E-state index contributed by atoms with van der Waals surface area (Å²) in [7, 11) is 1.84. The first-order valence-corrected chi connectivity index (χ1v) is 11.7. The Balaban J connectivity index is 1.95. The molecule has 32 heavy (non-hydrogen) atoms. The molecule has 1 aliphatic heterocycles. The van der Waals surface area contributed by atoms with Gasteiger partial charge in [-0.3, -0.25) is 9.59 Å². The van der Waals surface area contributed by atoms with E-state index < -0.39 is 0 Å². The highest BCUT2D eigenvalue weighted by Crippen LogP contribution is 2.24. The molecule has 0 fully saturated rings. The zero-order valence-corrected chi connectivity index (χ0v) is 19.8. The molecule has 3 rings (SSSR count). The van der Waals surface area contributed by atoms with Gasteiger partial charge in [-0.15, -0.1) is 0 Å². The van der Waals surface area contributed by atoms with Crippen LogP contribution in [-0.2, 0) is 0 Å². The molecule has 1 atom stereocenters. The van der Waals surface area contributed by atoms with Gasteiger partial charge in [-0.1, -0.05) is 44.2 Å². The fourth-order valence-electron chi connectivity index (χ4n) is 4.32. The third-order valence-electron chi connectivity index (χ3n) is 6.11. The quantitative estimate of drug-likeness (QED) is 0.666. The lowest BCUT2D eigenvalue weighted by Gasteiger charge is -2.33. The van der Waals surface area contributed by atoms with Gasteiger partial charge in [0.15, 0.2) is 0 Å². The molecule has 2 aromatic rings. The van der Waals surface area contributed by atoms with E-state index in [0.717, 1.165) is 36.8 Å². The zero-order valence-electron chi connectivity index (χ0n) is 19.8. The highest BCUT2D eigenvalue weighted by molar-refractivity contribution is 5.97. The molecular weight excluding hydrogens is 400 g/mol. The maximum absolute atomic E-state index is 13.7. The van der Waals surface area contributed by atoms with Crippen LogP contribution in [0.4, 0.5) is 0 Å². The van der Waals surface area contributed by atoms with Crippen LogP contribution in [0.1, 0.15) is 65.8 Å². The lowest BCUT2D eigenvalue weighted by molar-refractivity contribution is 0.0572. The number of ether oxygens (including phenoxy) is 1.